The molecule has 0 bridgehead atoms. The number of hydrogen-bond donors (Lipinski definition) is 1. The van der Waals surface area contributed by atoms with Gasteiger partial charge >= 0.3 is 6.03 Å². The highest BCUT2D eigenvalue weighted by atomic mass is 19.1. The summed E-state index contributed by atoms with van der Waals surface area (Å²) >= 11 is 0. The molecule has 2 amide bonds. The van der Waals surface area contributed by atoms with Crippen LogP contribution in [0.1, 0.15) is 11.1 Å². The molecule has 0 unspecified atom stereocenters. The summed E-state index contributed by atoms with van der Waals surface area (Å²) in [6, 6.07) is 19.5. The van der Waals surface area contributed by atoms with Crippen molar-refractivity contribution in [1.82, 2.24) is 9.80 Å². The van der Waals surface area contributed by atoms with Gasteiger partial charge < -0.3 is 19.9 Å². The Labute approximate surface area is 185 Å². The Kier molecular flexibility index (Phi) is 5.23. The molecule has 1 fully saturated rings. The highest BCUT2D eigenvalue weighted by Gasteiger charge is 2.27. The Bertz CT molecular complexity index is 1200. The summed E-state index contributed by atoms with van der Waals surface area (Å²) in [7, 11) is 0. The number of benzene rings is 3. The average molecular weight is 430 g/mol. The van der Waals surface area contributed by atoms with Crippen molar-refractivity contribution >= 4 is 23.2 Å². The molecule has 5 rings (SSSR count). The Hall–Kier alpha value is -3.87. The van der Waals surface area contributed by atoms with Gasteiger partial charge in [0.2, 0.25) is 0 Å². The largest absolute Gasteiger partial charge is 0.454 e. The number of rotatable bonds is 1. The number of piperazine rings is 1. The molecule has 2 aliphatic heterocycles. The molecule has 2 heterocycles. The standard InChI is InChI=1S/C25H23FN4O2/c1-17-9-10-22-20(15-17)24(28-21-7-2-3-8-23(21)32-22)29-11-13-30(14-12-29)25(31)27-19-6-4-5-18(26)16-19/h2-10,15-16H,11-14H2,1H3,(H,27,31). The number of halogens is 1. The SMILES string of the molecule is Cc1ccc2c(c1)C(N1CCN(C(=O)Nc3cccc(F)c3)CC1)=Nc1ccccc1O2. The predicted molar refractivity (Wildman–Crippen MR) is 122 cm³/mol. The Balaban J connectivity index is 1.36. The van der Waals surface area contributed by atoms with Gasteiger partial charge in [0.05, 0.1) is 5.56 Å². The van der Waals surface area contributed by atoms with E-state index in [1.165, 1.54) is 12.1 Å². The van der Waals surface area contributed by atoms with Gasteiger partial charge in [0.15, 0.2) is 5.75 Å². The van der Waals surface area contributed by atoms with Crippen LogP contribution in [0.5, 0.6) is 11.5 Å². The van der Waals surface area contributed by atoms with Gasteiger partial charge in [0.25, 0.3) is 0 Å². The van der Waals surface area contributed by atoms with Crippen molar-refractivity contribution in [3.63, 3.8) is 0 Å². The van der Waals surface area contributed by atoms with E-state index in [-0.39, 0.29) is 11.8 Å². The molecule has 3 aromatic carbocycles. The maximum Gasteiger partial charge on any atom is 0.321 e. The number of amides is 2. The summed E-state index contributed by atoms with van der Waals surface area (Å²) in [6.07, 6.45) is 0. The molecule has 1 saturated heterocycles. The van der Waals surface area contributed by atoms with Crippen molar-refractivity contribution in [1.29, 1.82) is 0 Å². The van der Waals surface area contributed by atoms with Crippen molar-refractivity contribution in [3.8, 4) is 11.5 Å². The average Bonchev–Trinajstić information content (AvgIpc) is 2.96. The van der Waals surface area contributed by atoms with Crippen LogP contribution >= 0.6 is 0 Å². The Morgan fingerprint density at radius 1 is 0.969 bits per heavy atom. The number of fused-ring (bicyclic) bond motifs is 2. The van der Waals surface area contributed by atoms with E-state index in [4.69, 9.17) is 9.73 Å². The maximum atomic E-state index is 13.4. The number of anilines is 1. The zero-order valence-corrected chi connectivity index (χ0v) is 17.7. The molecule has 0 aliphatic carbocycles. The topological polar surface area (TPSA) is 57.2 Å². The Morgan fingerprint density at radius 3 is 2.59 bits per heavy atom. The molecule has 6 nitrogen and oxygen atoms in total. The zero-order chi connectivity index (χ0) is 22.1. The van der Waals surface area contributed by atoms with Gasteiger partial charge in [-0.05, 0) is 49.4 Å². The van der Waals surface area contributed by atoms with Crippen LogP contribution in [0.4, 0.5) is 20.6 Å². The minimum Gasteiger partial charge on any atom is -0.454 e. The molecule has 3 aromatic rings. The summed E-state index contributed by atoms with van der Waals surface area (Å²) < 4.78 is 19.6. The lowest BCUT2D eigenvalue weighted by Gasteiger charge is -2.36. The second kappa shape index (κ2) is 8.34. The van der Waals surface area contributed by atoms with E-state index in [9.17, 15) is 9.18 Å². The number of nitrogens with one attached hydrogen (secondary N) is 1. The maximum absolute atomic E-state index is 13.4. The van der Waals surface area contributed by atoms with Gasteiger partial charge in [-0.1, -0.05) is 29.8 Å². The third-order valence-corrected chi connectivity index (χ3v) is 5.63. The van der Waals surface area contributed by atoms with E-state index in [0.29, 0.717) is 31.9 Å². The summed E-state index contributed by atoms with van der Waals surface area (Å²) in [5.41, 5.74) is 3.30. The smallest absolute Gasteiger partial charge is 0.321 e. The molecule has 2 aliphatic rings. The fraction of sp³-hybridized carbons (Fsp3) is 0.200. The third kappa shape index (κ3) is 4.01. The quantitative estimate of drug-likeness (QED) is 0.580. The van der Waals surface area contributed by atoms with Crippen LogP contribution in [0.3, 0.4) is 0 Å². The van der Waals surface area contributed by atoms with Crippen molar-refractivity contribution in [2.75, 3.05) is 31.5 Å². The van der Waals surface area contributed by atoms with E-state index in [2.05, 4.69) is 16.3 Å². The second-order valence-electron chi connectivity index (χ2n) is 7.92. The van der Waals surface area contributed by atoms with E-state index >= 15 is 0 Å². The number of aliphatic imine (C=N–C) groups is 1. The molecule has 32 heavy (non-hydrogen) atoms. The first-order valence-corrected chi connectivity index (χ1v) is 10.6. The minimum atomic E-state index is -0.379. The summed E-state index contributed by atoms with van der Waals surface area (Å²) in [4.78, 5) is 21.5. The summed E-state index contributed by atoms with van der Waals surface area (Å²) in [5, 5.41) is 2.77. The van der Waals surface area contributed by atoms with Gasteiger partial charge in [-0.15, -0.1) is 0 Å². The van der Waals surface area contributed by atoms with E-state index in [0.717, 1.165) is 34.1 Å². The van der Waals surface area contributed by atoms with Crippen LogP contribution in [0.2, 0.25) is 0 Å². The Morgan fingerprint density at radius 2 is 1.78 bits per heavy atom. The van der Waals surface area contributed by atoms with Gasteiger partial charge in [-0.3, -0.25) is 0 Å². The third-order valence-electron chi connectivity index (χ3n) is 5.63. The molecule has 0 atom stereocenters. The van der Waals surface area contributed by atoms with Gasteiger partial charge in [0, 0.05) is 31.9 Å². The molecule has 0 spiro atoms. The number of ether oxygens (including phenoxy) is 1. The summed E-state index contributed by atoms with van der Waals surface area (Å²) in [5.74, 6) is 1.96. The van der Waals surface area contributed by atoms with Gasteiger partial charge in [-0.2, -0.15) is 0 Å². The van der Waals surface area contributed by atoms with E-state index < -0.39 is 0 Å². The molecular weight excluding hydrogens is 407 g/mol. The molecule has 7 heteroatoms. The lowest BCUT2D eigenvalue weighted by atomic mass is 10.1. The fourth-order valence-corrected chi connectivity index (χ4v) is 3.97. The molecule has 1 N–H and O–H groups in total. The van der Waals surface area contributed by atoms with Crippen LogP contribution in [0, 0.1) is 12.7 Å². The normalized spacial score (nSPS) is 15.1. The van der Waals surface area contributed by atoms with Crippen LogP contribution < -0.4 is 10.1 Å². The highest BCUT2D eigenvalue weighted by molar-refractivity contribution is 6.04. The number of carbonyl (C=O) groups is 1. The molecular formula is C25H23FN4O2. The first kappa shape index (κ1) is 20.1. The van der Waals surface area contributed by atoms with Crippen LogP contribution in [-0.4, -0.2) is 47.8 Å². The summed E-state index contributed by atoms with van der Waals surface area (Å²) in [6.45, 7) is 4.37. The number of amidine groups is 1. The lowest BCUT2D eigenvalue weighted by molar-refractivity contribution is 0.181. The highest BCUT2D eigenvalue weighted by Crippen LogP contribution is 2.38. The van der Waals surface area contributed by atoms with Crippen LogP contribution in [0.15, 0.2) is 71.7 Å². The van der Waals surface area contributed by atoms with E-state index in [1.807, 2.05) is 43.3 Å². The number of urea groups is 1. The predicted octanol–water partition coefficient (Wildman–Crippen LogP) is 5.17. The molecule has 0 saturated carbocycles. The first-order valence-electron chi connectivity index (χ1n) is 10.6. The molecule has 162 valence electrons. The van der Waals surface area contributed by atoms with Crippen molar-refractivity contribution in [2.24, 2.45) is 4.99 Å². The van der Waals surface area contributed by atoms with E-state index in [1.54, 1.807) is 17.0 Å². The van der Waals surface area contributed by atoms with Gasteiger partial charge in [0.1, 0.15) is 23.1 Å². The zero-order valence-electron chi connectivity index (χ0n) is 17.7. The van der Waals surface area contributed by atoms with Crippen LogP contribution in [-0.2, 0) is 0 Å². The molecule has 0 aromatic heterocycles. The number of para-hydroxylation sites is 2. The number of carbonyl (C=O) groups excluding carboxylic acids is 1. The van der Waals surface area contributed by atoms with Crippen LogP contribution in [0.25, 0.3) is 0 Å². The number of hydrogen-bond acceptors (Lipinski definition) is 4. The number of nitrogens with zero attached hydrogens (tertiary/aromatic N) is 3. The monoisotopic (exact) mass is 430 g/mol. The molecule has 0 radical (unpaired) electrons. The fourth-order valence-electron chi connectivity index (χ4n) is 3.97. The minimum absolute atomic E-state index is 0.233. The van der Waals surface area contributed by atoms with Gasteiger partial charge in [-0.25, -0.2) is 14.2 Å². The lowest BCUT2D eigenvalue weighted by Crippen LogP contribution is -2.51. The number of aryl methyl sites for hydroxylation is 1. The van der Waals surface area contributed by atoms with Crippen molar-refractivity contribution in [3.05, 3.63) is 83.7 Å². The first-order chi connectivity index (χ1) is 15.6. The second-order valence-corrected chi connectivity index (χ2v) is 7.92. The van der Waals surface area contributed by atoms with Crippen molar-refractivity contribution in [2.45, 2.75) is 6.92 Å². The van der Waals surface area contributed by atoms with Crippen molar-refractivity contribution < 1.29 is 13.9 Å².